The number of hydrogen-bond donors (Lipinski definition) is 3. The topological polar surface area (TPSA) is 135 Å². The predicted octanol–water partition coefficient (Wildman–Crippen LogP) is 3.24. The van der Waals surface area contributed by atoms with Gasteiger partial charge in [0.15, 0.2) is 0 Å². The quantitative estimate of drug-likeness (QED) is 0.424. The third-order valence-electron chi connectivity index (χ3n) is 3.58. The Morgan fingerprint density at radius 1 is 1.11 bits per heavy atom. The van der Waals surface area contributed by atoms with Gasteiger partial charge in [0.05, 0.1) is 15.5 Å². The fourth-order valence-corrected chi connectivity index (χ4v) is 2.45. The zero-order valence-corrected chi connectivity index (χ0v) is 15.3. The molecular weight excluding hydrogens is 386 g/mol. The maximum absolute atomic E-state index is 12.2. The van der Waals surface area contributed by atoms with Gasteiger partial charge in [-0.05, 0) is 30.7 Å². The highest BCUT2D eigenvalue weighted by molar-refractivity contribution is 6.33. The summed E-state index contributed by atoms with van der Waals surface area (Å²) in [6, 6.07) is 9.85. The molecule has 1 amide bonds. The van der Waals surface area contributed by atoms with E-state index < -0.39 is 16.5 Å². The van der Waals surface area contributed by atoms with Gasteiger partial charge in [-0.1, -0.05) is 29.8 Å². The smallest absolute Gasteiger partial charge is 0.319 e. The van der Waals surface area contributed by atoms with E-state index in [1.54, 1.807) is 36.5 Å². The monoisotopic (exact) mass is 399 g/mol. The number of carbonyl (C=O) groups is 1. The average Bonchev–Trinajstić information content (AvgIpc) is 2.68. The SMILES string of the molecule is Cc1ccc(Nc2ncnc(NNC(=O)c3ccccc3Cl)c2[N+](=O)[O-])nc1. The molecule has 0 unspecified atom stereocenters. The third-order valence-corrected chi connectivity index (χ3v) is 3.91. The Morgan fingerprint density at radius 2 is 1.86 bits per heavy atom. The van der Waals surface area contributed by atoms with Crippen molar-refractivity contribution in [3.8, 4) is 0 Å². The maximum atomic E-state index is 12.2. The number of nitrogens with one attached hydrogen (secondary N) is 3. The predicted molar refractivity (Wildman–Crippen MR) is 103 cm³/mol. The number of aromatic nitrogens is 3. The number of anilines is 3. The molecule has 0 spiro atoms. The summed E-state index contributed by atoms with van der Waals surface area (Å²) >= 11 is 5.97. The van der Waals surface area contributed by atoms with Gasteiger partial charge in [0.25, 0.3) is 5.91 Å². The number of nitro groups is 1. The Kier molecular flexibility index (Phi) is 5.61. The van der Waals surface area contributed by atoms with E-state index in [-0.39, 0.29) is 22.2 Å². The normalized spacial score (nSPS) is 10.2. The summed E-state index contributed by atoms with van der Waals surface area (Å²) in [5.74, 6) is -0.479. The molecule has 3 N–H and O–H groups in total. The van der Waals surface area contributed by atoms with Crippen LogP contribution in [0.15, 0.2) is 48.9 Å². The molecule has 0 fully saturated rings. The number of hydrazine groups is 1. The minimum absolute atomic E-state index is 0.0779. The molecule has 3 aromatic rings. The number of pyridine rings is 1. The molecule has 142 valence electrons. The summed E-state index contributed by atoms with van der Waals surface area (Å²) in [6.45, 7) is 1.87. The van der Waals surface area contributed by atoms with Crippen LogP contribution in [0.3, 0.4) is 0 Å². The van der Waals surface area contributed by atoms with E-state index >= 15 is 0 Å². The lowest BCUT2D eigenvalue weighted by Gasteiger charge is -2.11. The van der Waals surface area contributed by atoms with Crippen molar-refractivity contribution >= 4 is 40.6 Å². The minimum Gasteiger partial charge on any atom is -0.319 e. The Bertz CT molecular complexity index is 1030. The van der Waals surface area contributed by atoms with Crippen LogP contribution in [0.2, 0.25) is 5.02 Å². The van der Waals surface area contributed by atoms with E-state index in [4.69, 9.17) is 11.6 Å². The van der Waals surface area contributed by atoms with Gasteiger partial charge in [-0.15, -0.1) is 0 Å². The van der Waals surface area contributed by atoms with Gasteiger partial charge >= 0.3 is 5.69 Å². The molecule has 28 heavy (non-hydrogen) atoms. The highest BCUT2D eigenvalue weighted by Crippen LogP contribution is 2.30. The van der Waals surface area contributed by atoms with Crippen molar-refractivity contribution in [2.45, 2.75) is 6.92 Å². The molecule has 0 aliphatic heterocycles. The number of carbonyl (C=O) groups excluding carboxylic acids is 1. The molecule has 10 nitrogen and oxygen atoms in total. The van der Waals surface area contributed by atoms with Crippen molar-refractivity contribution in [2.75, 3.05) is 10.7 Å². The molecule has 1 aromatic carbocycles. The van der Waals surface area contributed by atoms with Crippen LogP contribution < -0.4 is 16.2 Å². The Hall–Kier alpha value is -3.79. The lowest BCUT2D eigenvalue weighted by molar-refractivity contribution is -0.383. The van der Waals surface area contributed by atoms with Crippen molar-refractivity contribution in [2.24, 2.45) is 0 Å². The van der Waals surface area contributed by atoms with E-state index in [0.717, 1.165) is 11.9 Å². The minimum atomic E-state index is -0.666. The van der Waals surface area contributed by atoms with Crippen LogP contribution >= 0.6 is 11.6 Å². The molecule has 0 aliphatic rings. The summed E-state index contributed by atoms with van der Waals surface area (Å²) in [5.41, 5.74) is 5.47. The maximum Gasteiger partial charge on any atom is 0.355 e. The first-order valence-electron chi connectivity index (χ1n) is 7.95. The van der Waals surface area contributed by atoms with Gasteiger partial charge in [-0.2, -0.15) is 0 Å². The van der Waals surface area contributed by atoms with Crippen molar-refractivity contribution in [1.82, 2.24) is 20.4 Å². The average molecular weight is 400 g/mol. The molecule has 0 saturated carbocycles. The number of hydrogen-bond acceptors (Lipinski definition) is 8. The molecule has 0 aliphatic carbocycles. The van der Waals surface area contributed by atoms with Crippen LogP contribution in [0.1, 0.15) is 15.9 Å². The van der Waals surface area contributed by atoms with Gasteiger partial charge < -0.3 is 5.32 Å². The van der Waals surface area contributed by atoms with E-state index in [9.17, 15) is 14.9 Å². The number of amides is 1. The lowest BCUT2D eigenvalue weighted by Crippen LogP contribution is -2.30. The molecule has 2 heterocycles. The van der Waals surface area contributed by atoms with Crippen molar-refractivity contribution in [1.29, 1.82) is 0 Å². The fraction of sp³-hybridized carbons (Fsp3) is 0.0588. The van der Waals surface area contributed by atoms with Gasteiger partial charge in [0, 0.05) is 6.20 Å². The second kappa shape index (κ2) is 8.27. The molecule has 0 atom stereocenters. The molecule has 0 saturated heterocycles. The van der Waals surface area contributed by atoms with Crippen LogP contribution in [-0.4, -0.2) is 25.8 Å². The Labute approximate surface area is 164 Å². The number of halogens is 1. The first-order chi connectivity index (χ1) is 13.5. The van der Waals surface area contributed by atoms with E-state index in [1.807, 2.05) is 6.92 Å². The van der Waals surface area contributed by atoms with Crippen molar-refractivity contribution in [3.05, 3.63) is 75.2 Å². The van der Waals surface area contributed by atoms with Crippen LogP contribution in [0.4, 0.5) is 23.1 Å². The number of rotatable bonds is 6. The Morgan fingerprint density at radius 3 is 2.54 bits per heavy atom. The third kappa shape index (κ3) is 4.30. The molecule has 0 radical (unpaired) electrons. The van der Waals surface area contributed by atoms with Gasteiger partial charge in [0.2, 0.25) is 11.6 Å². The molecule has 2 aromatic heterocycles. The van der Waals surface area contributed by atoms with Crippen LogP contribution in [0.25, 0.3) is 0 Å². The molecular formula is C17H14ClN7O3. The summed E-state index contributed by atoms with van der Waals surface area (Å²) < 4.78 is 0. The van der Waals surface area contributed by atoms with Crippen molar-refractivity contribution in [3.63, 3.8) is 0 Å². The van der Waals surface area contributed by atoms with E-state index in [2.05, 4.69) is 31.1 Å². The fourth-order valence-electron chi connectivity index (χ4n) is 2.23. The van der Waals surface area contributed by atoms with E-state index in [0.29, 0.717) is 5.82 Å². The van der Waals surface area contributed by atoms with Crippen molar-refractivity contribution < 1.29 is 9.72 Å². The van der Waals surface area contributed by atoms with Gasteiger partial charge in [0.1, 0.15) is 12.1 Å². The van der Waals surface area contributed by atoms with Crippen LogP contribution in [0.5, 0.6) is 0 Å². The molecule has 0 bridgehead atoms. The number of nitrogens with zero attached hydrogens (tertiary/aromatic N) is 4. The molecule has 11 heteroatoms. The van der Waals surface area contributed by atoms with Gasteiger partial charge in [-0.3, -0.25) is 25.8 Å². The Balaban J connectivity index is 1.83. The zero-order chi connectivity index (χ0) is 20.1. The molecule has 3 rings (SSSR count). The zero-order valence-electron chi connectivity index (χ0n) is 14.5. The first kappa shape index (κ1) is 19.0. The second-order valence-electron chi connectivity index (χ2n) is 5.58. The second-order valence-corrected chi connectivity index (χ2v) is 5.99. The largest absolute Gasteiger partial charge is 0.355 e. The lowest BCUT2D eigenvalue weighted by atomic mass is 10.2. The van der Waals surface area contributed by atoms with Crippen LogP contribution in [0, 0.1) is 17.0 Å². The van der Waals surface area contributed by atoms with Crippen LogP contribution in [-0.2, 0) is 0 Å². The van der Waals surface area contributed by atoms with E-state index in [1.165, 1.54) is 6.07 Å². The number of benzene rings is 1. The highest BCUT2D eigenvalue weighted by atomic mass is 35.5. The summed E-state index contributed by atoms with van der Waals surface area (Å²) in [5, 5.41) is 14.6. The standard InChI is InChI=1S/C17H14ClN7O3/c1-10-6-7-13(19-8-10)22-15-14(25(27)28)16(21-9-20-15)23-24-17(26)11-4-2-3-5-12(11)18/h2-9H,1H3,(H,24,26)(H2,19,20,21,22,23). The summed E-state index contributed by atoms with van der Waals surface area (Å²) in [4.78, 5) is 35.0. The summed E-state index contributed by atoms with van der Waals surface area (Å²) in [6.07, 6.45) is 2.73. The highest BCUT2D eigenvalue weighted by Gasteiger charge is 2.24. The number of aryl methyl sites for hydroxylation is 1. The summed E-state index contributed by atoms with van der Waals surface area (Å²) in [7, 11) is 0. The van der Waals surface area contributed by atoms with Gasteiger partial charge in [-0.25, -0.2) is 15.0 Å². The first-order valence-corrected chi connectivity index (χ1v) is 8.33.